The van der Waals surface area contributed by atoms with Gasteiger partial charge in [0.1, 0.15) is 11.5 Å². The number of fused-ring (bicyclic) bond motifs is 1. The van der Waals surface area contributed by atoms with Crippen LogP contribution in [-0.4, -0.2) is 60.8 Å². The van der Waals surface area contributed by atoms with Gasteiger partial charge in [0.25, 0.3) is 11.8 Å². The normalized spacial score (nSPS) is 13.6. The molecule has 204 valence electrons. The lowest BCUT2D eigenvalue weighted by Crippen LogP contribution is -2.50. The summed E-state index contributed by atoms with van der Waals surface area (Å²) in [7, 11) is 0. The molecular weight excluding hydrogens is 551 g/mol. The SMILES string of the molecule is O=C(NN=Cc1ccc(OCC(=O)N2CCN(c3cccc(Cl)c3)CC2)c2ccccc12)c1ccc(O)c(Cl)c1. The van der Waals surface area contributed by atoms with E-state index in [1.54, 1.807) is 6.07 Å². The van der Waals surface area contributed by atoms with Gasteiger partial charge in [0.15, 0.2) is 6.61 Å². The maximum absolute atomic E-state index is 12.9. The predicted octanol–water partition coefficient (Wildman–Crippen LogP) is 5.34. The van der Waals surface area contributed by atoms with E-state index in [0.717, 1.165) is 35.1 Å². The summed E-state index contributed by atoms with van der Waals surface area (Å²) in [5.74, 6) is -0.0538. The lowest BCUT2D eigenvalue weighted by atomic mass is 10.0. The van der Waals surface area contributed by atoms with E-state index in [1.165, 1.54) is 24.4 Å². The fourth-order valence-corrected chi connectivity index (χ4v) is 4.89. The molecule has 2 N–H and O–H groups in total. The number of aromatic hydroxyl groups is 1. The molecule has 0 unspecified atom stereocenters. The Labute approximate surface area is 241 Å². The molecule has 1 aliphatic rings. The fourth-order valence-electron chi connectivity index (χ4n) is 4.52. The second-order valence-electron chi connectivity index (χ2n) is 9.20. The minimum atomic E-state index is -0.464. The van der Waals surface area contributed by atoms with Crippen molar-refractivity contribution in [2.75, 3.05) is 37.7 Å². The van der Waals surface area contributed by atoms with Crippen LogP contribution in [0, 0.1) is 0 Å². The molecule has 1 aliphatic heterocycles. The number of carbonyl (C=O) groups is 2. The molecule has 0 aromatic heterocycles. The average Bonchev–Trinajstić information content (AvgIpc) is 2.98. The number of ether oxygens (including phenoxy) is 1. The first-order valence-corrected chi connectivity index (χ1v) is 13.4. The molecule has 10 heteroatoms. The highest BCUT2D eigenvalue weighted by Gasteiger charge is 2.22. The third-order valence-corrected chi connectivity index (χ3v) is 7.19. The van der Waals surface area contributed by atoms with Crippen LogP contribution in [0.2, 0.25) is 10.0 Å². The summed E-state index contributed by atoms with van der Waals surface area (Å²) < 4.78 is 5.97. The molecule has 0 saturated carbocycles. The first-order chi connectivity index (χ1) is 19.4. The van der Waals surface area contributed by atoms with Crippen LogP contribution in [-0.2, 0) is 4.79 Å². The number of anilines is 1. The molecule has 4 aromatic rings. The van der Waals surface area contributed by atoms with Gasteiger partial charge in [-0.2, -0.15) is 5.10 Å². The molecule has 0 aliphatic carbocycles. The second-order valence-corrected chi connectivity index (χ2v) is 10.0. The van der Waals surface area contributed by atoms with E-state index in [2.05, 4.69) is 15.4 Å². The van der Waals surface area contributed by atoms with Gasteiger partial charge in [-0.3, -0.25) is 9.59 Å². The van der Waals surface area contributed by atoms with Gasteiger partial charge in [-0.1, -0.05) is 53.5 Å². The topological polar surface area (TPSA) is 94.5 Å². The molecule has 0 radical (unpaired) electrons. The highest BCUT2D eigenvalue weighted by Crippen LogP contribution is 2.28. The highest BCUT2D eigenvalue weighted by molar-refractivity contribution is 6.32. The molecule has 1 heterocycles. The van der Waals surface area contributed by atoms with E-state index in [9.17, 15) is 14.7 Å². The Bertz CT molecular complexity index is 1590. The minimum absolute atomic E-state index is 0.0696. The van der Waals surface area contributed by atoms with Crippen LogP contribution in [0.3, 0.4) is 0 Å². The number of piperazine rings is 1. The van der Waals surface area contributed by atoms with Crippen molar-refractivity contribution in [3.8, 4) is 11.5 Å². The summed E-state index contributed by atoms with van der Waals surface area (Å²) in [4.78, 5) is 29.3. The number of hydrogen-bond donors (Lipinski definition) is 2. The lowest BCUT2D eigenvalue weighted by Gasteiger charge is -2.36. The van der Waals surface area contributed by atoms with Crippen LogP contribution < -0.4 is 15.1 Å². The zero-order valence-electron chi connectivity index (χ0n) is 21.4. The largest absolute Gasteiger partial charge is 0.506 e. The number of phenols is 1. The van der Waals surface area contributed by atoms with Crippen molar-refractivity contribution in [3.63, 3.8) is 0 Å². The first-order valence-electron chi connectivity index (χ1n) is 12.6. The number of nitrogens with one attached hydrogen (secondary N) is 1. The maximum Gasteiger partial charge on any atom is 0.271 e. The Balaban J connectivity index is 1.20. The first kappa shape index (κ1) is 27.3. The molecular formula is C30H26Cl2N4O4. The number of hydrazone groups is 1. The van der Waals surface area contributed by atoms with Gasteiger partial charge < -0.3 is 19.6 Å². The van der Waals surface area contributed by atoms with Crippen LogP contribution in [0.25, 0.3) is 10.8 Å². The molecule has 4 aromatic carbocycles. The van der Waals surface area contributed by atoms with Crippen molar-refractivity contribution in [1.29, 1.82) is 0 Å². The van der Waals surface area contributed by atoms with Crippen LogP contribution in [0.15, 0.2) is 84.0 Å². The number of benzene rings is 4. The summed E-state index contributed by atoms with van der Waals surface area (Å²) >= 11 is 12.0. The molecule has 0 spiro atoms. The van der Waals surface area contributed by atoms with Crippen molar-refractivity contribution in [2.24, 2.45) is 5.10 Å². The molecule has 2 amide bonds. The number of nitrogens with zero attached hydrogens (tertiary/aromatic N) is 3. The number of amides is 2. The fraction of sp³-hybridized carbons (Fsp3) is 0.167. The van der Waals surface area contributed by atoms with Crippen LogP contribution >= 0.6 is 23.2 Å². The van der Waals surface area contributed by atoms with Crippen molar-refractivity contribution in [1.82, 2.24) is 10.3 Å². The number of halogens is 2. The Morgan fingerprint density at radius 3 is 2.45 bits per heavy atom. The van der Waals surface area contributed by atoms with Gasteiger partial charge in [-0.25, -0.2) is 5.43 Å². The van der Waals surface area contributed by atoms with Gasteiger partial charge in [0.05, 0.1) is 11.2 Å². The van der Waals surface area contributed by atoms with Crippen molar-refractivity contribution in [3.05, 3.63) is 100 Å². The Hall–Kier alpha value is -4.27. The quantitative estimate of drug-likeness (QED) is 0.228. The smallest absolute Gasteiger partial charge is 0.271 e. The van der Waals surface area contributed by atoms with Gasteiger partial charge in [0.2, 0.25) is 0 Å². The van der Waals surface area contributed by atoms with Crippen molar-refractivity contribution >= 4 is 57.7 Å². The summed E-state index contributed by atoms with van der Waals surface area (Å²) in [5.41, 5.74) is 4.54. The zero-order chi connectivity index (χ0) is 28.1. The molecule has 8 nitrogen and oxygen atoms in total. The van der Waals surface area contributed by atoms with Gasteiger partial charge in [-0.05, 0) is 53.9 Å². The van der Waals surface area contributed by atoms with Gasteiger partial charge in [-0.15, -0.1) is 0 Å². The van der Waals surface area contributed by atoms with E-state index in [1.807, 2.05) is 59.5 Å². The summed E-state index contributed by atoms with van der Waals surface area (Å²) in [6, 6.07) is 23.1. The van der Waals surface area contributed by atoms with Crippen LogP contribution in [0.5, 0.6) is 11.5 Å². The lowest BCUT2D eigenvalue weighted by molar-refractivity contribution is -0.133. The standard InChI is InChI=1S/C30H26Cl2N4O4/c31-22-4-3-5-23(17-22)35-12-14-36(15-13-35)29(38)19-40-28-11-9-21(24-6-1-2-7-25(24)28)18-33-34-30(39)20-8-10-27(37)26(32)16-20/h1-11,16-18,37H,12-15,19H2,(H,34,39). The van der Waals surface area contributed by atoms with Gasteiger partial charge in [0, 0.05) is 53.4 Å². The summed E-state index contributed by atoms with van der Waals surface area (Å²) in [5, 5.41) is 16.1. The summed E-state index contributed by atoms with van der Waals surface area (Å²) in [6.45, 7) is 2.58. The molecule has 1 saturated heterocycles. The molecule has 0 bridgehead atoms. The second kappa shape index (κ2) is 12.3. The Morgan fingerprint density at radius 2 is 1.70 bits per heavy atom. The third kappa shape index (κ3) is 6.30. The molecule has 1 fully saturated rings. The van der Waals surface area contributed by atoms with E-state index in [0.29, 0.717) is 23.9 Å². The number of phenolic OH excluding ortho intramolecular Hbond substituents is 1. The van der Waals surface area contributed by atoms with E-state index < -0.39 is 5.91 Å². The molecule has 0 atom stereocenters. The van der Waals surface area contributed by atoms with Crippen LogP contribution in [0.4, 0.5) is 5.69 Å². The number of rotatable bonds is 7. The van der Waals surface area contributed by atoms with E-state index in [-0.39, 0.29) is 28.8 Å². The number of carbonyl (C=O) groups excluding carboxylic acids is 2. The van der Waals surface area contributed by atoms with E-state index in [4.69, 9.17) is 27.9 Å². The minimum Gasteiger partial charge on any atom is -0.506 e. The van der Waals surface area contributed by atoms with E-state index >= 15 is 0 Å². The van der Waals surface area contributed by atoms with Crippen LogP contribution in [0.1, 0.15) is 15.9 Å². The molecule has 5 rings (SSSR count). The Kier molecular flexibility index (Phi) is 8.38. The summed E-state index contributed by atoms with van der Waals surface area (Å²) in [6.07, 6.45) is 1.54. The predicted molar refractivity (Wildman–Crippen MR) is 158 cm³/mol. The van der Waals surface area contributed by atoms with Crippen molar-refractivity contribution in [2.45, 2.75) is 0 Å². The maximum atomic E-state index is 12.9. The monoisotopic (exact) mass is 576 g/mol. The Morgan fingerprint density at radius 1 is 0.925 bits per heavy atom. The number of hydrogen-bond acceptors (Lipinski definition) is 6. The van der Waals surface area contributed by atoms with Crippen molar-refractivity contribution < 1.29 is 19.4 Å². The third-order valence-electron chi connectivity index (χ3n) is 6.65. The molecule has 40 heavy (non-hydrogen) atoms. The average molecular weight is 577 g/mol. The highest BCUT2D eigenvalue weighted by atomic mass is 35.5. The zero-order valence-corrected chi connectivity index (χ0v) is 22.9. The van der Waals surface area contributed by atoms with Gasteiger partial charge >= 0.3 is 0 Å².